The molecule has 82 valence electrons. The second-order valence-corrected chi connectivity index (χ2v) is 3.26. The van der Waals surface area contributed by atoms with Crippen LogP contribution in [0.2, 0.25) is 0 Å². The molecule has 0 aliphatic heterocycles. The maximum absolute atomic E-state index is 12.9. The maximum Gasteiger partial charge on any atom is 0.160 e. The Morgan fingerprint density at radius 1 is 0.750 bits per heavy atom. The fraction of sp³-hybridized carbons (Fsp3) is 0. The fourth-order valence-corrected chi connectivity index (χ4v) is 1.31. The molecule has 2 aromatic carbocycles. The second kappa shape index (κ2) is 4.26. The van der Waals surface area contributed by atoms with Gasteiger partial charge in [-0.1, -0.05) is 6.07 Å². The topological polar surface area (TPSA) is 12.0 Å². The van der Waals surface area contributed by atoms with Gasteiger partial charge in [-0.15, -0.1) is 0 Å². The highest BCUT2D eigenvalue weighted by Gasteiger charge is 2.02. The first-order chi connectivity index (χ1) is 7.65. The fourth-order valence-electron chi connectivity index (χ4n) is 1.31. The minimum Gasteiger partial charge on any atom is -0.355 e. The second-order valence-electron chi connectivity index (χ2n) is 3.26. The van der Waals surface area contributed by atoms with E-state index in [0.29, 0.717) is 11.4 Å². The summed E-state index contributed by atoms with van der Waals surface area (Å²) in [5.74, 6) is -2.25. The van der Waals surface area contributed by atoms with Gasteiger partial charge in [0.15, 0.2) is 11.6 Å². The number of halogens is 3. The van der Waals surface area contributed by atoms with Crippen LogP contribution in [0.15, 0.2) is 42.5 Å². The van der Waals surface area contributed by atoms with Crippen molar-refractivity contribution >= 4 is 11.4 Å². The molecule has 0 radical (unpaired) electrons. The molecule has 0 heterocycles. The summed E-state index contributed by atoms with van der Waals surface area (Å²) in [5.41, 5.74) is 0.843. The summed E-state index contributed by atoms with van der Waals surface area (Å²) in [7, 11) is 0. The summed E-state index contributed by atoms with van der Waals surface area (Å²) < 4.78 is 38.4. The van der Waals surface area contributed by atoms with E-state index in [1.165, 1.54) is 24.3 Å². The minimum absolute atomic E-state index is 0.365. The van der Waals surface area contributed by atoms with E-state index in [2.05, 4.69) is 5.32 Å². The number of benzene rings is 2. The predicted octanol–water partition coefficient (Wildman–Crippen LogP) is 3.85. The van der Waals surface area contributed by atoms with E-state index in [9.17, 15) is 13.2 Å². The molecule has 0 bridgehead atoms. The van der Waals surface area contributed by atoms with Crippen molar-refractivity contribution in [1.82, 2.24) is 0 Å². The molecule has 0 saturated carbocycles. The first kappa shape index (κ1) is 10.5. The Morgan fingerprint density at radius 3 is 2.19 bits per heavy atom. The average molecular weight is 223 g/mol. The molecule has 0 spiro atoms. The minimum atomic E-state index is -0.943. The Hall–Kier alpha value is -1.97. The van der Waals surface area contributed by atoms with Crippen LogP contribution in [0.3, 0.4) is 0 Å². The number of rotatable bonds is 2. The van der Waals surface area contributed by atoms with Crippen LogP contribution in [0.5, 0.6) is 0 Å². The molecule has 16 heavy (non-hydrogen) atoms. The van der Waals surface area contributed by atoms with E-state index >= 15 is 0 Å². The van der Waals surface area contributed by atoms with Crippen molar-refractivity contribution in [2.24, 2.45) is 0 Å². The maximum atomic E-state index is 12.9. The van der Waals surface area contributed by atoms with Gasteiger partial charge in [0.05, 0.1) is 0 Å². The van der Waals surface area contributed by atoms with E-state index < -0.39 is 17.5 Å². The zero-order valence-corrected chi connectivity index (χ0v) is 8.18. The molecule has 4 heteroatoms. The van der Waals surface area contributed by atoms with Crippen molar-refractivity contribution in [2.45, 2.75) is 0 Å². The van der Waals surface area contributed by atoms with Crippen molar-refractivity contribution in [3.63, 3.8) is 0 Å². The van der Waals surface area contributed by atoms with Gasteiger partial charge in [-0.2, -0.15) is 0 Å². The third-order valence-electron chi connectivity index (χ3n) is 2.03. The number of nitrogens with one attached hydrogen (secondary N) is 1. The summed E-state index contributed by atoms with van der Waals surface area (Å²) in [4.78, 5) is 0. The summed E-state index contributed by atoms with van der Waals surface area (Å²) >= 11 is 0. The van der Waals surface area contributed by atoms with Gasteiger partial charge in [-0.3, -0.25) is 0 Å². The SMILES string of the molecule is Fc1cccc(Nc2ccc(F)c(F)c2)c1. The first-order valence-corrected chi connectivity index (χ1v) is 4.63. The van der Waals surface area contributed by atoms with Gasteiger partial charge in [0, 0.05) is 17.4 Å². The van der Waals surface area contributed by atoms with Gasteiger partial charge in [0.1, 0.15) is 5.82 Å². The summed E-state index contributed by atoms with van der Waals surface area (Å²) in [6.07, 6.45) is 0. The molecule has 0 saturated heterocycles. The number of anilines is 2. The Kier molecular flexibility index (Phi) is 2.81. The van der Waals surface area contributed by atoms with Gasteiger partial charge in [0.25, 0.3) is 0 Å². The lowest BCUT2D eigenvalue weighted by Gasteiger charge is -2.06. The van der Waals surface area contributed by atoms with E-state index in [-0.39, 0.29) is 0 Å². The lowest BCUT2D eigenvalue weighted by molar-refractivity contribution is 0.509. The Balaban J connectivity index is 2.24. The highest BCUT2D eigenvalue weighted by Crippen LogP contribution is 2.19. The Labute approximate surface area is 90.5 Å². The molecule has 0 fully saturated rings. The number of hydrogen-bond acceptors (Lipinski definition) is 1. The molecular formula is C12H8F3N. The molecule has 0 aliphatic carbocycles. The zero-order chi connectivity index (χ0) is 11.5. The third-order valence-corrected chi connectivity index (χ3v) is 2.03. The molecule has 2 aromatic rings. The predicted molar refractivity (Wildman–Crippen MR) is 56.0 cm³/mol. The van der Waals surface area contributed by atoms with E-state index in [1.807, 2.05) is 0 Å². The van der Waals surface area contributed by atoms with Gasteiger partial charge in [0.2, 0.25) is 0 Å². The van der Waals surface area contributed by atoms with Crippen LogP contribution in [-0.2, 0) is 0 Å². The standard InChI is InChI=1S/C12H8F3N/c13-8-2-1-3-9(6-8)16-10-4-5-11(14)12(15)7-10/h1-7,16H. The molecular weight excluding hydrogens is 215 g/mol. The van der Waals surface area contributed by atoms with Crippen LogP contribution in [0, 0.1) is 17.5 Å². The lowest BCUT2D eigenvalue weighted by Crippen LogP contribution is -1.93. The quantitative estimate of drug-likeness (QED) is 0.815. The molecule has 0 aliphatic rings. The van der Waals surface area contributed by atoms with Crippen molar-refractivity contribution in [1.29, 1.82) is 0 Å². The van der Waals surface area contributed by atoms with Crippen molar-refractivity contribution < 1.29 is 13.2 Å². The van der Waals surface area contributed by atoms with Gasteiger partial charge in [-0.05, 0) is 30.3 Å². The molecule has 0 aromatic heterocycles. The van der Waals surface area contributed by atoms with Gasteiger partial charge >= 0.3 is 0 Å². The molecule has 0 unspecified atom stereocenters. The summed E-state index contributed by atoms with van der Waals surface area (Å²) in [5, 5.41) is 2.77. The van der Waals surface area contributed by atoms with Crippen molar-refractivity contribution in [3.8, 4) is 0 Å². The van der Waals surface area contributed by atoms with Crippen molar-refractivity contribution in [2.75, 3.05) is 5.32 Å². The van der Waals surface area contributed by atoms with Gasteiger partial charge < -0.3 is 5.32 Å². The lowest BCUT2D eigenvalue weighted by atomic mass is 10.2. The molecule has 1 nitrogen and oxygen atoms in total. The van der Waals surface area contributed by atoms with E-state index in [0.717, 1.165) is 12.1 Å². The molecule has 0 atom stereocenters. The highest BCUT2D eigenvalue weighted by molar-refractivity contribution is 5.59. The van der Waals surface area contributed by atoms with E-state index in [1.54, 1.807) is 6.07 Å². The van der Waals surface area contributed by atoms with E-state index in [4.69, 9.17) is 0 Å². The molecule has 2 rings (SSSR count). The Bertz CT molecular complexity index is 511. The smallest absolute Gasteiger partial charge is 0.160 e. The van der Waals surface area contributed by atoms with Crippen LogP contribution in [0.1, 0.15) is 0 Å². The van der Waals surface area contributed by atoms with Crippen LogP contribution in [-0.4, -0.2) is 0 Å². The Morgan fingerprint density at radius 2 is 1.50 bits per heavy atom. The van der Waals surface area contributed by atoms with Crippen LogP contribution in [0.25, 0.3) is 0 Å². The van der Waals surface area contributed by atoms with Crippen LogP contribution >= 0.6 is 0 Å². The largest absolute Gasteiger partial charge is 0.355 e. The summed E-state index contributed by atoms with van der Waals surface area (Å²) in [6.45, 7) is 0. The number of hydrogen-bond donors (Lipinski definition) is 1. The van der Waals surface area contributed by atoms with Gasteiger partial charge in [-0.25, -0.2) is 13.2 Å². The molecule has 0 amide bonds. The van der Waals surface area contributed by atoms with Crippen LogP contribution in [0.4, 0.5) is 24.5 Å². The zero-order valence-electron chi connectivity index (χ0n) is 8.18. The average Bonchev–Trinajstić information content (AvgIpc) is 2.24. The first-order valence-electron chi connectivity index (χ1n) is 4.63. The molecule has 1 N–H and O–H groups in total. The normalized spacial score (nSPS) is 10.2. The monoisotopic (exact) mass is 223 g/mol. The van der Waals surface area contributed by atoms with Crippen molar-refractivity contribution in [3.05, 3.63) is 59.9 Å². The highest BCUT2D eigenvalue weighted by atomic mass is 19.2. The third kappa shape index (κ3) is 2.34. The van der Waals surface area contributed by atoms with Crippen LogP contribution < -0.4 is 5.32 Å². The summed E-state index contributed by atoms with van der Waals surface area (Å²) in [6, 6.07) is 9.13.